The van der Waals surface area contributed by atoms with Gasteiger partial charge in [0.2, 0.25) is 0 Å². The summed E-state index contributed by atoms with van der Waals surface area (Å²) in [7, 11) is -0.968. The van der Waals surface area contributed by atoms with Gasteiger partial charge in [0.15, 0.2) is 5.65 Å². The molecule has 210 valence electrons. The van der Waals surface area contributed by atoms with Crippen molar-refractivity contribution in [3.05, 3.63) is 63.8 Å². The van der Waals surface area contributed by atoms with E-state index in [9.17, 15) is 9.59 Å². The molecule has 1 aliphatic rings. The monoisotopic (exact) mass is 552 g/mol. The van der Waals surface area contributed by atoms with Crippen molar-refractivity contribution >= 4 is 40.7 Å². The molecule has 0 bridgehead atoms. The fraction of sp³-hybridized carbons (Fsp3) is 0.429. The molecule has 4 heterocycles. The third-order valence-electron chi connectivity index (χ3n) is 7.34. The quantitative estimate of drug-likeness (QED) is 0.346. The van der Waals surface area contributed by atoms with Gasteiger partial charge in [-0.25, -0.2) is 28.3 Å². The average molecular weight is 552 g/mol. The van der Waals surface area contributed by atoms with Crippen LogP contribution in [0.3, 0.4) is 0 Å². The summed E-state index contributed by atoms with van der Waals surface area (Å²) in [4.78, 5) is 35.5. The first-order chi connectivity index (χ1) is 18.5. The summed E-state index contributed by atoms with van der Waals surface area (Å²) in [6.45, 7) is 13.7. The Morgan fingerprint density at radius 2 is 1.68 bits per heavy atom. The molecule has 40 heavy (non-hydrogen) atoms. The molecule has 1 saturated heterocycles. The first-order valence-electron chi connectivity index (χ1n) is 12.9. The summed E-state index contributed by atoms with van der Waals surface area (Å²) >= 11 is 0. The van der Waals surface area contributed by atoms with Crippen molar-refractivity contribution < 1.29 is 27.6 Å². The summed E-state index contributed by atoms with van der Waals surface area (Å²) in [5.74, 6) is -1.77. The second kappa shape index (κ2) is 9.20. The second-order valence-electron chi connectivity index (χ2n) is 12.1. The standard InChI is InChI=1S/C28H31BF2N4O5/c1-15-9-10-17-22-21(13-32-23(17)33-15)35(25(37)38-26(2,3)4)24(36)34(22)14-18-19(30)11-16(12-20(18)31)29-39-27(5,6)28(7,8)40-29/h9-13H,14H2,1-8H3. The lowest BCUT2D eigenvalue weighted by atomic mass is 9.78. The molecular weight excluding hydrogens is 521 g/mol. The van der Waals surface area contributed by atoms with E-state index in [1.165, 1.54) is 6.20 Å². The maximum absolute atomic E-state index is 15.5. The zero-order chi connectivity index (χ0) is 29.4. The topological polar surface area (TPSA) is 97.5 Å². The molecule has 9 nitrogen and oxygen atoms in total. The first kappa shape index (κ1) is 27.9. The Bertz CT molecular complexity index is 1700. The number of hydrogen-bond acceptors (Lipinski definition) is 7. The van der Waals surface area contributed by atoms with Crippen molar-refractivity contribution in [1.29, 1.82) is 0 Å². The number of fused-ring (bicyclic) bond motifs is 3. The molecule has 3 aromatic heterocycles. The third-order valence-corrected chi connectivity index (χ3v) is 7.34. The fourth-order valence-electron chi connectivity index (χ4n) is 4.59. The van der Waals surface area contributed by atoms with E-state index in [1.807, 2.05) is 27.7 Å². The molecule has 4 aromatic rings. The van der Waals surface area contributed by atoms with Crippen LogP contribution in [-0.4, -0.2) is 49.1 Å². The number of hydrogen-bond donors (Lipinski definition) is 0. The highest BCUT2D eigenvalue weighted by Gasteiger charge is 2.52. The van der Waals surface area contributed by atoms with Gasteiger partial charge in [0.25, 0.3) is 0 Å². The Morgan fingerprint density at radius 1 is 1.07 bits per heavy atom. The summed E-state index contributed by atoms with van der Waals surface area (Å²) in [5.41, 5.74) is -1.90. The van der Waals surface area contributed by atoms with E-state index in [-0.39, 0.29) is 22.1 Å². The Morgan fingerprint density at radius 3 is 2.25 bits per heavy atom. The van der Waals surface area contributed by atoms with Gasteiger partial charge in [-0.15, -0.1) is 0 Å². The van der Waals surface area contributed by atoms with Gasteiger partial charge in [-0.1, -0.05) is 0 Å². The summed E-state index contributed by atoms with van der Waals surface area (Å²) in [6.07, 6.45) is 0.402. The van der Waals surface area contributed by atoms with Gasteiger partial charge in [-0.3, -0.25) is 4.57 Å². The van der Waals surface area contributed by atoms with E-state index in [4.69, 9.17) is 14.0 Å². The zero-order valence-corrected chi connectivity index (χ0v) is 23.8. The molecule has 12 heteroatoms. The Labute approximate surface area is 230 Å². The molecule has 1 aromatic carbocycles. The minimum Gasteiger partial charge on any atom is -0.443 e. The van der Waals surface area contributed by atoms with Gasteiger partial charge in [0.05, 0.1) is 35.0 Å². The molecule has 1 fully saturated rings. The maximum Gasteiger partial charge on any atom is 0.495 e. The average Bonchev–Trinajstić information content (AvgIpc) is 3.22. The van der Waals surface area contributed by atoms with Crippen LogP contribution in [0.4, 0.5) is 13.6 Å². The van der Waals surface area contributed by atoms with Gasteiger partial charge in [-0.05, 0) is 85.1 Å². The SMILES string of the molecule is Cc1ccc2c(ncc3c2n(Cc2c(F)cc(B4OC(C)(C)C(C)(C)O4)cc2F)c(=O)n3C(=O)OC(C)(C)C)n1. The second-order valence-corrected chi connectivity index (χ2v) is 12.1. The molecule has 0 radical (unpaired) electrons. The van der Waals surface area contributed by atoms with Crippen LogP contribution in [0.25, 0.3) is 22.1 Å². The van der Waals surface area contributed by atoms with E-state index in [1.54, 1.807) is 39.8 Å². The van der Waals surface area contributed by atoms with Crippen molar-refractivity contribution in [2.75, 3.05) is 0 Å². The minimum absolute atomic E-state index is 0.132. The van der Waals surface area contributed by atoms with Crippen LogP contribution >= 0.6 is 0 Å². The maximum atomic E-state index is 15.5. The number of ether oxygens (including phenoxy) is 1. The molecule has 1 aliphatic heterocycles. The number of carbonyl (C=O) groups excluding carboxylic acids is 1. The van der Waals surface area contributed by atoms with Crippen LogP contribution in [0.1, 0.15) is 59.7 Å². The van der Waals surface area contributed by atoms with Gasteiger partial charge >= 0.3 is 18.9 Å². The fourth-order valence-corrected chi connectivity index (χ4v) is 4.59. The number of nitrogens with zero attached hydrogens (tertiary/aromatic N) is 4. The predicted molar refractivity (Wildman–Crippen MR) is 147 cm³/mol. The van der Waals surface area contributed by atoms with E-state index in [0.717, 1.165) is 21.3 Å². The first-order valence-corrected chi connectivity index (χ1v) is 12.9. The number of aryl methyl sites for hydroxylation is 1. The number of imidazole rings is 1. The molecule has 0 saturated carbocycles. The molecule has 0 spiro atoms. The number of benzene rings is 1. The van der Waals surface area contributed by atoms with Crippen molar-refractivity contribution in [2.24, 2.45) is 0 Å². The molecular formula is C28H31BF2N4O5. The molecule has 0 unspecified atom stereocenters. The Hall–Kier alpha value is -3.64. The normalized spacial score (nSPS) is 16.7. The van der Waals surface area contributed by atoms with E-state index < -0.39 is 53.9 Å². The highest BCUT2D eigenvalue weighted by Crippen LogP contribution is 2.36. The van der Waals surface area contributed by atoms with Crippen LogP contribution in [-0.2, 0) is 20.6 Å². The van der Waals surface area contributed by atoms with Crippen LogP contribution in [0.2, 0.25) is 0 Å². The van der Waals surface area contributed by atoms with Gasteiger partial charge < -0.3 is 14.0 Å². The predicted octanol–water partition coefficient (Wildman–Crippen LogP) is 4.46. The van der Waals surface area contributed by atoms with Crippen molar-refractivity contribution in [3.63, 3.8) is 0 Å². The van der Waals surface area contributed by atoms with Crippen molar-refractivity contribution in [1.82, 2.24) is 19.1 Å². The Balaban J connectivity index is 1.65. The number of carbonyl (C=O) groups is 1. The van der Waals surface area contributed by atoms with Crippen molar-refractivity contribution in [3.8, 4) is 0 Å². The molecule has 0 N–H and O–H groups in total. The zero-order valence-electron chi connectivity index (χ0n) is 23.8. The van der Waals surface area contributed by atoms with E-state index >= 15 is 8.78 Å². The minimum atomic E-state index is -0.968. The number of aromatic nitrogens is 4. The van der Waals surface area contributed by atoms with Crippen LogP contribution in [0, 0.1) is 18.6 Å². The van der Waals surface area contributed by atoms with E-state index in [0.29, 0.717) is 16.7 Å². The third kappa shape index (κ3) is 4.68. The lowest BCUT2D eigenvalue weighted by Crippen LogP contribution is -2.41. The smallest absolute Gasteiger partial charge is 0.443 e. The molecule has 5 rings (SSSR count). The largest absolute Gasteiger partial charge is 0.495 e. The van der Waals surface area contributed by atoms with Crippen LogP contribution < -0.4 is 11.2 Å². The lowest BCUT2D eigenvalue weighted by molar-refractivity contribution is 0.00578. The van der Waals surface area contributed by atoms with Crippen LogP contribution in [0.15, 0.2) is 35.3 Å². The number of rotatable bonds is 3. The lowest BCUT2D eigenvalue weighted by Gasteiger charge is -2.32. The summed E-state index contributed by atoms with van der Waals surface area (Å²) < 4.78 is 50.4. The van der Waals surface area contributed by atoms with Crippen molar-refractivity contribution in [2.45, 2.75) is 78.7 Å². The van der Waals surface area contributed by atoms with Gasteiger partial charge in [-0.2, -0.15) is 4.57 Å². The highest BCUT2D eigenvalue weighted by atomic mass is 19.1. The summed E-state index contributed by atoms with van der Waals surface area (Å²) in [5, 5.41) is 0.442. The number of halogens is 2. The highest BCUT2D eigenvalue weighted by molar-refractivity contribution is 6.62. The summed E-state index contributed by atoms with van der Waals surface area (Å²) in [6, 6.07) is 5.71. The molecule has 0 amide bonds. The van der Waals surface area contributed by atoms with E-state index in [2.05, 4.69) is 9.97 Å². The van der Waals surface area contributed by atoms with Gasteiger partial charge in [0.1, 0.15) is 17.2 Å². The van der Waals surface area contributed by atoms with Gasteiger partial charge in [0, 0.05) is 16.6 Å². The Kier molecular flexibility index (Phi) is 6.42. The van der Waals surface area contributed by atoms with Crippen LogP contribution in [0.5, 0.6) is 0 Å². The molecule has 0 aliphatic carbocycles. The number of pyridine rings is 2. The molecule has 0 atom stereocenters.